The number of hydrogen-bond acceptors (Lipinski definition) is 1. The Hall–Kier alpha value is -0.541. The van der Waals surface area contributed by atoms with Crippen molar-refractivity contribution >= 4 is 24.5 Å². The molecule has 0 saturated carbocycles. The van der Waals surface area contributed by atoms with Gasteiger partial charge in [-0.25, -0.2) is 0 Å². The molecule has 0 aliphatic heterocycles. The summed E-state index contributed by atoms with van der Waals surface area (Å²) in [6, 6.07) is 10.5. The molecule has 0 aliphatic rings. The molecule has 0 bridgehead atoms. The standard InChI is InChI=1S/C11H11O.3C4H9.Sn/c12-10-6-2-5-9-11-7-3-1-4-8-11;3*1-3-4-2;/h1-5,7-9,12H,10H2;3*1,3-4H2,2H3;/b6-2?,9-5+;;;;. The number of rotatable bonds is 13. The summed E-state index contributed by atoms with van der Waals surface area (Å²) in [5.74, 6) is 0. The van der Waals surface area contributed by atoms with Gasteiger partial charge in [-0.15, -0.1) is 0 Å². The number of aliphatic hydroxyl groups is 1. The molecule has 0 atom stereocenters. The maximum atomic E-state index is 10.2. The first-order valence-corrected chi connectivity index (χ1v) is 17.7. The van der Waals surface area contributed by atoms with Gasteiger partial charge >= 0.3 is 160 Å². The van der Waals surface area contributed by atoms with Crippen LogP contribution in [-0.4, -0.2) is 30.1 Å². The Labute approximate surface area is 160 Å². The van der Waals surface area contributed by atoms with Crippen molar-refractivity contribution in [3.63, 3.8) is 0 Å². The van der Waals surface area contributed by atoms with Gasteiger partial charge in [0.2, 0.25) is 0 Å². The summed E-state index contributed by atoms with van der Waals surface area (Å²) < 4.78 is 5.68. The SMILES string of the molecule is CCC[CH2][Sn]([CH2]CCC)([CH2]CCC)/[C](=C/C=C/c1ccccc1)CO. The third kappa shape index (κ3) is 8.13. The number of unbranched alkanes of at least 4 members (excludes halogenated alkanes) is 3. The van der Waals surface area contributed by atoms with Crippen LogP contribution >= 0.6 is 0 Å². The molecule has 0 spiro atoms. The normalized spacial score (nSPS) is 12.9. The van der Waals surface area contributed by atoms with E-state index in [4.69, 9.17) is 0 Å². The van der Waals surface area contributed by atoms with Crippen LogP contribution in [-0.2, 0) is 0 Å². The van der Waals surface area contributed by atoms with Gasteiger partial charge < -0.3 is 0 Å². The predicted molar refractivity (Wildman–Crippen MR) is 116 cm³/mol. The molecule has 1 nitrogen and oxygen atoms in total. The van der Waals surface area contributed by atoms with Crippen molar-refractivity contribution in [2.75, 3.05) is 6.61 Å². The Morgan fingerprint density at radius 1 is 0.880 bits per heavy atom. The van der Waals surface area contributed by atoms with E-state index in [9.17, 15) is 5.11 Å². The van der Waals surface area contributed by atoms with Crippen molar-refractivity contribution in [3.05, 3.63) is 51.6 Å². The van der Waals surface area contributed by atoms with Crippen molar-refractivity contribution in [1.82, 2.24) is 0 Å². The van der Waals surface area contributed by atoms with Crippen LogP contribution in [0.5, 0.6) is 0 Å². The van der Waals surface area contributed by atoms with Gasteiger partial charge in [0.25, 0.3) is 0 Å². The van der Waals surface area contributed by atoms with E-state index in [1.54, 1.807) is 0 Å². The second kappa shape index (κ2) is 13.6. The molecule has 25 heavy (non-hydrogen) atoms. The van der Waals surface area contributed by atoms with Gasteiger partial charge in [0, 0.05) is 0 Å². The summed E-state index contributed by atoms with van der Waals surface area (Å²) in [7, 11) is 0. The second-order valence-corrected chi connectivity index (χ2v) is 20.6. The Morgan fingerprint density at radius 3 is 1.84 bits per heavy atom. The molecular weight excluding hydrogens is 411 g/mol. The van der Waals surface area contributed by atoms with Crippen LogP contribution in [0.4, 0.5) is 0 Å². The molecule has 0 aliphatic carbocycles. The van der Waals surface area contributed by atoms with Gasteiger partial charge in [-0.3, -0.25) is 0 Å². The van der Waals surface area contributed by atoms with Crippen LogP contribution in [0.15, 0.2) is 46.1 Å². The predicted octanol–water partition coefficient (Wildman–Crippen LogP) is 7.01. The number of benzene rings is 1. The van der Waals surface area contributed by atoms with Crippen molar-refractivity contribution in [3.8, 4) is 0 Å². The molecule has 0 aromatic heterocycles. The first kappa shape index (κ1) is 22.5. The van der Waals surface area contributed by atoms with Gasteiger partial charge in [0.15, 0.2) is 0 Å². The maximum absolute atomic E-state index is 10.2. The van der Waals surface area contributed by atoms with Gasteiger partial charge in [0.05, 0.1) is 0 Å². The van der Waals surface area contributed by atoms with Crippen LogP contribution in [0.3, 0.4) is 0 Å². The zero-order chi connectivity index (χ0) is 18.4. The van der Waals surface area contributed by atoms with E-state index in [-0.39, 0.29) is 6.61 Å². The van der Waals surface area contributed by atoms with E-state index in [0.717, 1.165) is 0 Å². The van der Waals surface area contributed by atoms with E-state index in [2.05, 4.69) is 63.3 Å². The van der Waals surface area contributed by atoms with E-state index < -0.39 is 18.4 Å². The fourth-order valence-corrected chi connectivity index (χ4v) is 19.6. The number of aliphatic hydroxyl groups excluding tert-OH is 1. The van der Waals surface area contributed by atoms with Gasteiger partial charge in [-0.1, -0.05) is 0 Å². The molecule has 1 rings (SSSR count). The topological polar surface area (TPSA) is 20.2 Å². The first-order chi connectivity index (χ1) is 12.2. The summed E-state index contributed by atoms with van der Waals surface area (Å²) in [5, 5.41) is 10.2. The summed E-state index contributed by atoms with van der Waals surface area (Å²) >= 11 is -2.46. The third-order valence-electron chi connectivity index (χ3n) is 5.26. The monoisotopic (exact) mass is 450 g/mol. The van der Waals surface area contributed by atoms with Crippen LogP contribution in [0.1, 0.15) is 64.9 Å². The van der Waals surface area contributed by atoms with Crippen LogP contribution in [0.25, 0.3) is 6.08 Å². The minimum absolute atomic E-state index is 0.270. The summed E-state index contributed by atoms with van der Waals surface area (Å²) in [5.41, 5.74) is 1.23. The molecule has 1 aromatic rings. The average Bonchev–Trinajstić information content (AvgIpc) is 2.66. The van der Waals surface area contributed by atoms with Crippen LogP contribution in [0.2, 0.25) is 13.3 Å². The van der Waals surface area contributed by atoms with Gasteiger partial charge in [-0.2, -0.15) is 0 Å². The minimum atomic E-state index is -2.46. The first-order valence-electron chi connectivity index (χ1n) is 10.3. The molecule has 0 radical (unpaired) electrons. The zero-order valence-corrected chi connectivity index (χ0v) is 19.5. The van der Waals surface area contributed by atoms with Crippen molar-refractivity contribution in [1.29, 1.82) is 0 Å². The average molecular weight is 449 g/mol. The van der Waals surface area contributed by atoms with Crippen LogP contribution in [0, 0.1) is 0 Å². The molecule has 1 aromatic carbocycles. The molecule has 0 heterocycles. The second-order valence-electron chi connectivity index (χ2n) is 7.21. The number of hydrogen-bond donors (Lipinski definition) is 1. The Bertz CT molecular complexity index is 482. The van der Waals surface area contributed by atoms with Gasteiger partial charge in [-0.05, 0) is 0 Å². The number of allylic oxidation sites excluding steroid dienone is 2. The summed E-state index contributed by atoms with van der Waals surface area (Å²) in [6.45, 7) is 7.17. The molecule has 0 fully saturated rings. The molecule has 0 amide bonds. The van der Waals surface area contributed by atoms with Gasteiger partial charge in [0.1, 0.15) is 0 Å². The molecule has 1 N–H and O–H groups in total. The quantitative estimate of drug-likeness (QED) is 0.254. The fraction of sp³-hybridized carbons (Fsp3) is 0.565. The third-order valence-corrected chi connectivity index (χ3v) is 21.3. The summed E-state index contributed by atoms with van der Waals surface area (Å²) in [6.07, 6.45) is 14.5. The Morgan fingerprint density at radius 2 is 1.40 bits per heavy atom. The van der Waals surface area contributed by atoms with E-state index in [1.165, 1.54) is 61.0 Å². The molecular formula is C23H38OSn. The zero-order valence-electron chi connectivity index (χ0n) is 16.6. The molecule has 0 unspecified atom stereocenters. The van der Waals surface area contributed by atoms with E-state index in [1.807, 2.05) is 6.07 Å². The fourth-order valence-electron chi connectivity index (χ4n) is 3.64. The Kier molecular flexibility index (Phi) is 12.3. The van der Waals surface area contributed by atoms with E-state index in [0.29, 0.717) is 0 Å². The molecule has 0 saturated heterocycles. The van der Waals surface area contributed by atoms with Crippen molar-refractivity contribution < 1.29 is 5.11 Å². The van der Waals surface area contributed by atoms with Crippen LogP contribution < -0.4 is 0 Å². The van der Waals surface area contributed by atoms with Crippen molar-refractivity contribution in [2.45, 2.75) is 72.6 Å². The molecule has 2 heteroatoms. The van der Waals surface area contributed by atoms with Crippen molar-refractivity contribution in [2.24, 2.45) is 0 Å². The Balaban J connectivity index is 3.05. The summed E-state index contributed by atoms with van der Waals surface area (Å²) in [4.78, 5) is 0. The van der Waals surface area contributed by atoms with E-state index >= 15 is 0 Å². The molecule has 140 valence electrons.